The molecule has 3 aromatic carbocycles. The molecule has 1 amide bonds. The molecule has 174 valence electrons. The lowest BCUT2D eigenvalue weighted by molar-refractivity contribution is -0.143. The van der Waals surface area contributed by atoms with Crippen LogP contribution < -0.4 is 5.32 Å². The summed E-state index contributed by atoms with van der Waals surface area (Å²) in [7, 11) is 0. The molecular weight excluding hydrogens is 530 g/mol. The summed E-state index contributed by atoms with van der Waals surface area (Å²) < 4.78 is 42.6. The molecule has 4 rings (SSSR count). The van der Waals surface area contributed by atoms with Gasteiger partial charge in [0.2, 0.25) is 0 Å². The van der Waals surface area contributed by atoms with Crippen LogP contribution in [-0.4, -0.2) is 15.7 Å². The van der Waals surface area contributed by atoms with Crippen LogP contribution >= 0.6 is 46.6 Å². The maximum atomic E-state index is 14.0. The molecule has 1 aromatic heterocycles. The van der Waals surface area contributed by atoms with Crippen molar-refractivity contribution in [3.05, 3.63) is 99.3 Å². The minimum Gasteiger partial charge on any atom is -0.321 e. The Morgan fingerprint density at radius 3 is 2.09 bits per heavy atom. The Bertz CT molecular complexity index is 1340. The van der Waals surface area contributed by atoms with Crippen molar-refractivity contribution in [3.8, 4) is 5.69 Å². The molecule has 0 unspecified atom stereocenters. The van der Waals surface area contributed by atoms with Crippen molar-refractivity contribution in [2.45, 2.75) is 16.0 Å². The van der Waals surface area contributed by atoms with Crippen LogP contribution in [0.5, 0.6) is 0 Å². The van der Waals surface area contributed by atoms with Crippen LogP contribution in [0.2, 0.25) is 15.1 Å². The third-order valence-electron chi connectivity index (χ3n) is 4.58. The second-order valence-corrected chi connectivity index (χ2v) is 9.37. The van der Waals surface area contributed by atoms with Crippen molar-refractivity contribution in [1.82, 2.24) is 9.78 Å². The summed E-state index contributed by atoms with van der Waals surface area (Å²) in [6, 6.07) is 17.4. The van der Waals surface area contributed by atoms with Crippen LogP contribution in [-0.2, 0) is 6.18 Å². The fraction of sp³-hybridized carbons (Fsp3) is 0.0435. The standard InChI is InChI=1S/C23H13Cl3F3N3OS/c24-13-1-6-16(7-2-13)32-21(23(27,28)29)18(12-30-32)22(33)31-19-11-15(26)5-10-20(19)34-17-8-3-14(25)4-9-17/h1-12H,(H,31,33). The van der Waals surface area contributed by atoms with E-state index in [9.17, 15) is 18.0 Å². The van der Waals surface area contributed by atoms with Crippen molar-refractivity contribution in [2.75, 3.05) is 5.32 Å². The summed E-state index contributed by atoms with van der Waals surface area (Å²) >= 11 is 19.1. The van der Waals surface area contributed by atoms with Crippen LogP contribution in [0.15, 0.2) is 82.7 Å². The molecule has 0 fully saturated rings. The molecule has 4 aromatic rings. The SMILES string of the molecule is O=C(Nc1cc(Cl)ccc1Sc1ccc(Cl)cc1)c1cnn(-c2ccc(Cl)cc2)c1C(F)(F)F. The van der Waals surface area contributed by atoms with E-state index in [4.69, 9.17) is 34.8 Å². The predicted molar refractivity (Wildman–Crippen MR) is 129 cm³/mol. The van der Waals surface area contributed by atoms with E-state index in [1.54, 1.807) is 36.4 Å². The van der Waals surface area contributed by atoms with Gasteiger partial charge in [0.15, 0.2) is 5.69 Å². The van der Waals surface area contributed by atoms with Gasteiger partial charge in [-0.2, -0.15) is 18.3 Å². The fourth-order valence-corrected chi connectivity index (χ4v) is 4.38. The molecule has 11 heteroatoms. The summed E-state index contributed by atoms with van der Waals surface area (Å²) in [4.78, 5) is 14.4. The summed E-state index contributed by atoms with van der Waals surface area (Å²) in [6.07, 6.45) is -3.97. The van der Waals surface area contributed by atoms with Crippen molar-refractivity contribution >= 4 is 58.2 Å². The first kappa shape index (κ1) is 24.5. The molecule has 0 atom stereocenters. The van der Waals surface area contributed by atoms with Gasteiger partial charge in [-0.3, -0.25) is 4.79 Å². The van der Waals surface area contributed by atoms with E-state index in [0.29, 0.717) is 24.6 Å². The first-order chi connectivity index (χ1) is 16.1. The van der Waals surface area contributed by atoms with E-state index in [-0.39, 0.29) is 11.4 Å². The largest absolute Gasteiger partial charge is 0.434 e. The number of nitrogens with one attached hydrogen (secondary N) is 1. The third-order valence-corrected chi connectivity index (χ3v) is 6.41. The maximum absolute atomic E-state index is 14.0. The Hall–Kier alpha value is -2.65. The van der Waals surface area contributed by atoms with Gasteiger partial charge in [-0.1, -0.05) is 46.6 Å². The van der Waals surface area contributed by atoms with Crippen molar-refractivity contribution in [3.63, 3.8) is 0 Å². The zero-order chi connectivity index (χ0) is 24.5. The zero-order valence-corrected chi connectivity index (χ0v) is 20.0. The molecule has 34 heavy (non-hydrogen) atoms. The lowest BCUT2D eigenvalue weighted by Crippen LogP contribution is -2.21. The molecule has 0 saturated heterocycles. The monoisotopic (exact) mass is 541 g/mol. The highest BCUT2D eigenvalue weighted by Gasteiger charge is 2.40. The number of alkyl halides is 3. The van der Waals surface area contributed by atoms with Crippen LogP contribution in [0.25, 0.3) is 5.69 Å². The number of hydrogen-bond acceptors (Lipinski definition) is 3. The van der Waals surface area contributed by atoms with Gasteiger partial charge in [0.1, 0.15) is 0 Å². The minimum absolute atomic E-state index is 0.109. The number of hydrogen-bond donors (Lipinski definition) is 1. The molecule has 4 nitrogen and oxygen atoms in total. The third kappa shape index (κ3) is 5.52. The Balaban J connectivity index is 1.69. The van der Waals surface area contributed by atoms with E-state index in [0.717, 1.165) is 11.1 Å². The van der Waals surface area contributed by atoms with Gasteiger partial charge in [0.05, 0.1) is 23.1 Å². The number of halogens is 6. The van der Waals surface area contributed by atoms with Crippen molar-refractivity contribution in [2.24, 2.45) is 0 Å². The molecule has 0 spiro atoms. The zero-order valence-electron chi connectivity index (χ0n) is 16.9. The predicted octanol–water partition coefficient (Wildman–Crippen LogP) is 8.25. The van der Waals surface area contributed by atoms with E-state index in [2.05, 4.69) is 10.4 Å². The fourth-order valence-electron chi connectivity index (χ4n) is 3.07. The molecule has 1 N–H and O–H groups in total. The van der Waals surface area contributed by atoms with Crippen molar-refractivity contribution in [1.29, 1.82) is 0 Å². The lowest BCUT2D eigenvalue weighted by atomic mass is 10.2. The van der Waals surface area contributed by atoms with Gasteiger partial charge >= 0.3 is 6.18 Å². The number of aromatic nitrogens is 2. The van der Waals surface area contributed by atoms with Crippen molar-refractivity contribution < 1.29 is 18.0 Å². The summed E-state index contributed by atoms with van der Waals surface area (Å²) in [5, 5.41) is 7.58. The highest BCUT2D eigenvalue weighted by Crippen LogP contribution is 2.37. The smallest absolute Gasteiger partial charge is 0.321 e. The highest BCUT2D eigenvalue weighted by atomic mass is 35.5. The second kappa shape index (κ2) is 9.92. The van der Waals surface area contributed by atoms with Gasteiger partial charge in [0, 0.05) is 24.9 Å². The number of benzene rings is 3. The molecule has 0 radical (unpaired) electrons. The van der Waals surface area contributed by atoms with Crippen LogP contribution in [0.4, 0.5) is 18.9 Å². The summed E-state index contributed by atoms with van der Waals surface area (Å²) in [6.45, 7) is 0. The van der Waals surface area contributed by atoms with Gasteiger partial charge in [-0.05, 0) is 66.7 Å². The van der Waals surface area contributed by atoms with Crippen LogP contribution in [0, 0.1) is 0 Å². The highest BCUT2D eigenvalue weighted by molar-refractivity contribution is 7.99. The van der Waals surface area contributed by atoms with Gasteiger partial charge in [-0.15, -0.1) is 0 Å². The lowest BCUT2D eigenvalue weighted by Gasteiger charge is -2.14. The molecule has 0 saturated carbocycles. The summed E-state index contributed by atoms with van der Waals surface area (Å²) in [5.74, 6) is -0.979. The topological polar surface area (TPSA) is 46.9 Å². The normalized spacial score (nSPS) is 11.5. The summed E-state index contributed by atoms with van der Waals surface area (Å²) in [5.41, 5.74) is -1.48. The molecule has 0 aliphatic carbocycles. The molecule has 0 bridgehead atoms. The Labute approximate surface area is 211 Å². The molecule has 0 aliphatic heterocycles. The van der Waals surface area contributed by atoms with E-state index >= 15 is 0 Å². The quantitative estimate of drug-likeness (QED) is 0.276. The number of anilines is 1. The van der Waals surface area contributed by atoms with E-state index < -0.39 is 23.3 Å². The molecule has 1 heterocycles. The average molecular weight is 543 g/mol. The maximum Gasteiger partial charge on any atom is 0.434 e. The second-order valence-electron chi connectivity index (χ2n) is 6.94. The first-order valence-electron chi connectivity index (χ1n) is 9.57. The van der Waals surface area contributed by atoms with Crippen LogP contribution in [0.1, 0.15) is 16.1 Å². The Morgan fingerprint density at radius 1 is 0.882 bits per heavy atom. The van der Waals surface area contributed by atoms with Crippen LogP contribution in [0.3, 0.4) is 0 Å². The Kier molecular flexibility index (Phi) is 7.14. The minimum atomic E-state index is -4.85. The Morgan fingerprint density at radius 2 is 1.47 bits per heavy atom. The number of nitrogens with zero attached hydrogens (tertiary/aromatic N) is 2. The molecule has 0 aliphatic rings. The number of carbonyl (C=O) groups excluding carboxylic acids is 1. The van der Waals surface area contributed by atoms with E-state index in [1.807, 2.05) is 0 Å². The van der Waals surface area contributed by atoms with Gasteiger partial charge in [-0.25, -0.2) is 4.68 Å². The molecular formula is C23H13Cl3F3N3OS. The van der Waals surface area contributed by atoms with E-state index in [1.165, 1.54) is 42.1 Å². The van der Waals surface area contributed by atoms with Gasteiger partial charge < -0.3 is 5.32 Å². The van der Waals surface area contributed by atoms with Gasteiger partial charge in [0.25, 0.3) is 5.91 Å². The average Bonchev–Trinajstić information content (AvgIpc) is 3.24. The first-order valence-corrected chi connectivity index (χ1v) is 11.5. The number of carbonyl (C=O) groups is 1. The number of rotatable bonds is 5. The number of amides is 1.